The van der Waals surface area contributed by atoms with Gasteiger partial charge in [-0.1, -0.05) is 17.7 Å². The van der Waals surface area contributed by atoms with Crippen molar-refractivity contribution in [3.05, 3.63) is 35.4 Å². The lowest BCUT2D eigenvalue weighted by atomic mass is 10.1. The van der Waals surface area contributed by atoms with Gasteiger partial charge in [0.15, 0.2) is 6.61 Å². The van der Waals surface area contributed by atoms with E-state index in [2.05, 4.69) is 5.32 Å². The van der Waals surface area contributed by atoms with Crippen molar-refractivity contribution in [3.8, 4) is 0 Å². The van der Waals surface area contributed by atoms with Gasteiger partial charge in [0.25, 0.3) is 11.8 Å². The first-order chi connectivity index (χ1) is 11.0. The maximum absolute atomic E-state index is 11.8. The summed E-state index contributed by atoms with van der Waals surface area (Å²) < 4.78 is 4.77. The van der Waals surface area contributed by atoms with Crippen LogP contribution in [-0.4, -0.2) is 48.3 Å². The number of nitrogens with zero attached hydrogens (tertiary/aromatic N) is 1. The highest BCUT2D eigenvalue weighted by molar-refractivity contribution is 5.98. The number of aryl methyl sites for hydroxylation is 1. The minimum absolute atomic E-state index is 0.251. The summed E-state index contributed by atoms with van der Waals surface area (Å²) in [6.07, 6.45) is 0.970. The van der Waals surface area contributed by atoms with Crippen molar-refractivity contribution in [1.82, 2.24) is 10.2 Å². The second-order valence-electron chi connectivity index (χ2n) is 5.25. The molecule has 1 aromatic rings. The summed E-state index contributed by atoms with van der Waals surface area (Å²) in [6, 6.07) is 6.88. The lowest BCUT2D eigenvalue weighted by Crippen LogP contribution is -2.37. The normalized spacial score (nSPS) is 13.8. The lowest BCUT2D eigenvalue weighted by molar-refractivity contribution is -0.154. The zero-order valence-electron chi connectivity index (χ0n) is 12.8. The summed E-state index contributed by atoms with van der Waals surface area (Å²) in [6.45, 7) is 1.43. The Kier molecular flexibility index (Phi) is 5.46. The Balaban J connectivity index is 1.72. The van der Waals surface area contributed by atoms with Crippen LogP contribution in [0.5, 0.6) is 0 Å². The Morgan fingerprint density at radius 3 is 2.52 bits per heavy atom. The summed E-state index contributed by atoms with van der Waals surface area (Å²) in [5, 5.41) is 2.41. The molecule has 2 rings (SSSR count). The molecule has 0 saturated carbocycles. The van der Waals surface area contributed by atoms with Crippen LogP contribution in [0, 0.1) is 6.92 Å². The largest absolute Gasteiger partial charge is 0.454 e. The van der Waals surface area contributed by atoms with E-state index in [9.17, 15) is 19.2 Å². The molecule has 0 atom stereocenters. The molecule has 3 amide bonds. The second kappa shape index (κ2) is 7.53. The van der Waals surface area contributed by atoms with Gasteiger partial charge in [-0.3, -0.25) is 24.1 Å². The molecular formula is C16H18N2O5. The molecule has 1 saturated heterocycles. The van der Waals surface area contributed by atoms with Crippen LogP contribution in [0.4, 0.5) is 0 Å². The van der Waals surface area contributed by atoms with E-state index >= 15 is 0 Å². The van der Waals surface area contributed by atoms with E-state index in [-0.39, 0.29) is 12.5 Å². The Labute approximate surface area is 133 Å². The number of amides is 3. The molecule has 0 aromatic heterocycles. The molecule has 0 aliphatic carbocycles. The molecule has 122 valence electrons. The second-order valence-corrected chi connectivity index (χ2v) is 5.25. The summed E-state index contributed by atoms with van der Waals surface area (Å²) in [4.78, 5) is 47.5. The van der Waals surface area contributed by atoms with Crippen LogP contribution in [0.25, 0.3) is 0 Å². The van der Waals surface area contributed by atoms with Gasteiger partial charge in [0.1, 0.15) is 6.54 Å². The predicted molar refractivity (Wildman–Crippen MR) is 80.4 cm³/mol. The highest BCUT2D eigenvalue weighted by atomic mass is 16.5. The molecule has 1 heterocycles. The predicted octanol–water partition coefficient (Wildman–Crippen LogP) is 0.417. The van der Waals surface area contributed by atoms with Crippen LogP contribution in [0.15, 0.2) is 24.3 Å². The zero-order valence-corrected chi connectivity index (χ0v) is 12.8. The number of likely N-dealkylation sites (tertiary alicyclic amines) is 1. The first-order valence-corrected chi connectivity index (χ1v) is 7.31. The standard InChI is InChI=1S/C16H18N2O5/c1-11-4-6-12(7-5-11)16(22)17-9-15(21)23-10-14(20)18-8-2-3-13(18)19/h4-7H,2-3,8-10H2,1H3,(H,17,22). The molecule has 23 heavy (non-hydrogen) atoms. The summed E-state index contributed by atoms with van der Waals surface area (Å²) in [5.41, 5.74) is 1.46. The van der Waals surface area contributed by atoms with Crippen molar-refractivity contribution in [1.29, 1.82) is 0 Å². The molecule has 0 spiro atoms. The van der Waals surface area contributed by atoms with Crippen LogP contribution in [0.1, 0.15) is 28.8 Å². The summed E-state index contributed by atoms with van der Waals surface area (Å²) in [5.74, 6) is -1.92. The van der Waals surface area contributed by atoms with Crippen LogP contribution < -0.4 is 5.32 Å². The smallest absolute Gasteiger partial charge is 0.325 e. The fourth-order valence-electron chi connectivity index (χ4n) is 2.14. The van der Waals surface area contributed by atoms with Gasteiger partial charge in [-0.2, -0.15) is 0 Å². The summed E-state index contributed by atoms with van der Waals surface area (Å²) in [7, 11) is 0. The average molecular weight is 318 g/mol. The van der Waals surface area contributed by atoms with Crippen molar-refractivity contribution >= 4 is 23.7 Å². The molecular weight excluding hydrogens is 300 g/mol. The van der Waals surface area contributed by atoms with E-state index in [0.29, 0.717) is 24.9 Å². The van der Waals surface area contributed by atoms with Crippen molar-refractivity contribution in [2.24, 2.45) is 0 Å². The van der Waals surface area contributed by atoms with E-state index in [4.69, 9.17) is 4.74 Å². The van der Waals surface area contributed by atoms with Gasteiger partial charge in [-0.15, -0.1) is 0 Å². The SMILES string of the molecule is Cc1ccc(C(=O)NCC(=O)OCC(=O)N2CCCC2=O)cc1. The van der Waals surface area contributed by atoms with Gasteiger partial charge >= 0.3 is 5.97 Å². The van der Waals surface area contributed by atoms with E-state index in [1.807, 2.05) is 6.92 Å². The number of nitrogens with one attached hydrogen (secondary N) is 1. The number of imide groups is 1. The number of rotatable bonds is 5. The molecule has 1 aliphatic rings. The number of hydrogen-bond donors (Lipinski definition) is 1. The molecule has 7 nitrogen and oxygen atoms in total. The van der Waals surface area contributed by atoms with E-state index in [1.54, 1.807) is 24.3 Å². The van der Waals surface area contributed by atoms with Crippen LogP contribution >= 0.6 is 0 Å². The number of hydrogen-bond acceptors (Lipinski definition) is 5. The van der Waals surface area contributed by atoms with Crippen LogP contribution in [0.2, 0.25) is 0 Å². The monoisotopic (exact) mass is 318 g/mol. The number of ether oxygens (including phenoxy) is 1. The third-order valence-corrected chi connectivity index (χ3v) is 3.44. The van der Waals surface area contributed by atoms with Gasteiger partial charge in [-0.25, -0.2) is 0 Å². The highest BCUT2D eigenvalue weighted by Gasteiger charge is 2.26. The fourth-order valence-corrected chi connectivity index (χ4v) is 2.14. The molecule has 1 fully saturated rings. The number of benzene rings is 1. The van der Waals surface area contributed by atoms with E-state index < -0.39 is 24.4 Å². The fraction of sp³-hybridized carbons (Fsp3) is 0.375. The van der Waals surface area contributed by atoms with Gasteiger partial charge < -0.3 is 10.1 Å². The quantitative estimate of drug-likeness (QED) is 0.794. The highest BCUT2D eigenvalue weighted by Crippen LogP contribution is 2.09. The van der Waals surface area contributed by atoms with Crippen LogP contribution in [-0.2, 0) is 19.1 Å². The minimum atomic E-state index is -0.731. The molecule has 1 aromatic carbocycles. The first kappa shape index (κ1) is 16.7. The number of carbonyl (C=O) groups excluding carboxylic acids is 4. The molecule has 7 heteroatoms. The molecule has 0 bridgehead atoms. The maximum atomic E-state index is 11.8. The van der Waals surface area contributed by atoms with E-state index in [1.165, 1.54) is 0 Å². The zero-order chi connectivity index (χ0) is 16.8. The molecule has 0 radical (unpaired) electrons. The Morgan fingerprint density at radius 2 is 1.91 bits per heavy atom. The first-order valence-electron chi connectivity index (χ1n) is 7.31. The number of esters is 1. The van der Waals surface area contributed by atoms with Crippen molar-refractivity contribution in [3.63, 3.8) is 0 Å². The van der Waals surface area contributed by atoms with E-state index in [0.717, 1.165) is 10.5 Å². The van der Waals surface area contributed by atoms with Crippen molar-refractivity contribution < 1.29 is 23.9 Å². The Morgan fingerprint density at radius 1 is 1.22 bits per heavy atom. The maximum Gasteiger partial charge on any atom is 0.325 e. The van der Waals surface area contributed by atoms with Gasteiger partial charge in [0.05, 0.1) is 0 Å². The van der Waals surface area contributed by atoms with Crippen LogP contribution in [0.3, 0.4) is 0 Å². The van der Waals surface area contributed by atoms with Crippen molar-refractivity contribution in [2.45, 2.75) is 19.8 Å². The topological polar surface area (TPSA) is 92.8 Å². The van der Waals surface area contributed by atoms with Gasteiger partial charge in [0, 0.05) is 18.5 Å². The van der Waals surface area contributed by atoms with Crippen molar-refractivity contribution in [2.75, 3.05) is 19.7 Å². The third-order valence-electron chi connectivity index (χ3n) is 3.44. The molecule has 1 N–H and O–H groups in total. The number of carbonyl (C=O) groups is 4. The molecule has 0 unspecified atom stereocenters. The van der Waals surface area contributed by atoms with Gasteiger partial charge in [0.2, 0.25) is 5.91 Å². The summed E-state index contributed by atoms with van der Waals surface area (Å²) >= 11 is 0. The lowest BCUT2D eigenvalue weighted by Gasteiger charge is -2.13. The Hall–Kier alpha value is -2.70. The third kappa shape index (κ3) is 4.64. The Bertz CT molecular complexity index is 624. The van der Waals surface area contributed by atoms with Gasteiger partial charge in [-0.05, 0) is 25.5 Å². The average Bonchev–Trinajstić information content (AvgIpc) is 2.97. The molecule has 1 aliphatic heterocycles. The minimum Gasteiger partial charge on any atom is -0.454 e.